The van der Waals surface area contributed by atoms with Crippen molar-refractivity contribution in [3.05, 3.63) is 35.6 Å². The molecule has 0 spiro atoms. The fraction of sp³-hybridized carbons (Fsp3) is 0.417. The molecule has 4 heteroatoms. The summed E-state index contributed by atoms with van der Waals surface area (Å²) in [6, 6.07) is 5.74. The lowest BCUT2D eigenvalue weighted by atomic mass is 10.1. The second-order valence-electron chi connectivity index (χ2n) is 4.45. The zero-order valence-corrected chi connectivity index (χ0v) is 11.0. The lowest BCUT2D eigenvalue weighted by molar-refractivity contribution is -0.154. The SMILES string of the molecule is CC(C)(C)OC(=O)C(Br)c1ccc(F)cc1. The highest BCUT2D eigenvalue weighted by Crippen LogP contribution is 2.26. The number of rotatable bonds is 2. The van der Waals surface area contributed by atoms with Gasteiger partial charge in [-0.3, -0.25) is 4.79 Å². The molecule has 0 saturated heterocycles. The summed E-state index contributed by atoms with van der Waals surface area (Å²) in [4.78, 5) is 11.1. The molecule has 0 fully saturated rings. The van der Waals surface area contributed by atoms with Crippen LogP contribution < -0.4 is 0 Å². The number of halogens is 2. The van der Waals surface area contributed by atoms with E-state index in [-0.39, 0.29) is 11.8 Å². The molecule has 0 N–H and O–H groups in total. The number of benzene rings is 1. The molecule has 88 valence electrons. The topological polar surface area (TPSA) is 26.3 Å². The van der Waals surface area contributed by atoms with Gasteiger partial charge in [-0.2, -0.15) is 0 Å². The summed E-state index contributed by atoms with van der Waals surface area (Å²) in [5.41, 5.74) is 0.152. The Morgan fingerprint density at radius 2 is 1.81 bits per heavy atom. The summed E-state index contributed by atoms with van der Waals surface area (Å²) in [6.45, 7) is 5.40. The normalized spacial score (nSPS) is 13.3. The van der Waals surface area contributed by atoms with Crippen molar-refractivity contribution in [3.63, 3.8) is 0 Å². The first-order chi connectivity index (χ1) is 7.29. The van der Waals surface area contributed by atoms with Gasteiger partial charge in [0.05, 0.1) is 0 Å². The largest absolute Gasteiger partial charge is 0.459 e. The van der Waals surface area contributed by atoms with Gasteiger partial charge in [-0.15, -0.1) is 0 Å². The van der Waals surface area contributed by atoms with Gasteiger partial charge in [-0.1, -0.05) is 28.1 Å². The Hall–Kier alpha value is -0.900. The first-order valence-electron chi connectivity index (χ1n) is 4.92. The highest BCUT2D eigenvalue weighted by atomic mass is 79.9. The molecular weight excluding hydrogens is 275 g/mol. The third-order valence-corrected chi connectivity index (χ3v) is 2.68. The van der Waals surface area contributed by atoms with Crippen molar-refractivity contribution in [2.24, 2.45) is 0 Å². The average Bonchev–Trinajstić information content (AvgIpc) is 2.15. The summed E-state index contributed by atoms with van der Waals surface area (Å²) >= 11 is 3.23. The molecule has 1 rings (SSSR count). The van der Waals surface area contributed by atoms with Crippen LogP contribution >= 0.6 is 15.9 Å². The molecule has 0 bridgehead atoms. The van der Waals surface area contributed by atoms with E-state index in [1.54, 1.807) is 32.9 Å². The quantitative estimate of drug-likeness (QED) is 0.614. The van der Waals surface area contributed by atoms with Gasteiger partial charge in [0.2, 0.25) is 0 Å². The highest BCUT2D eigenvalue weighted by molar-refractivity contribution is 9.09. The second kappa shape index (κ2) is 4.95. The fourth-order valence-electron chi connectivity index (χ4n) is 1.12. The van der Waals surface area contributed by atoms with Crippen LogP contribution in [-0.4, -0.2) is 11.6 Å². The molecule has 1 unspecified atom stereocenters. The number of hydrogen-bond acceptors (Lipinski definition) is 2. The smallest absolute Gasteiger partial charge is 0.324 e. The van der Waals surface area contributed by atoms with Gasteiger partial charge >= 0.3 is 5.97 Å². The van der Waals surface area contributed by atoms with Crippen molar-refractivity contribution in [3.8, 4) is 0 Å². The molecule has 1 aromatic rings. The van der Waals surface area contributed by atoms with E-state index in [4.69, 9.17) is 4.74 Å². The molecule has 1 atom stereocenters. The van der Waals surface area contributed by atoms with Gasteiger partial charge in [0.15, 0.2) is 0 Å². The van der Waals surface area contributed by atoms with E-state index < -0.39 is 10.4 Å². The lowest BCUT2D eigenvalue weighted by Crippen LogP contribution is -2.26. The maximum atomic E-state index is 12.7. The lowest BCUT2D eigenvalue weighted by Gasteiger charge is -2.21. The minimum Gasteiger partial charge on any atom is -0.459 e. The highest BCUT2D eigenvalue weighted by Gasteiger charge is 2.24. The van der Waals surface area contributed by atoms with Gasteiger partial charge in [-0.05, 0) is 38.5 Å². The van der Waals surface area contributed by atoms with E-state index in [0.717, 1.165) is 0 Å². The Labute approximate surface area is 103 Å². The Morgan fingerprint density at radius 3 is 2.25 bits per heavy atom. The van der Waals surface area contributed by atoms with Crippen LogP contribution in [0.1, 0.15) is 31.2 Å². The van der Waals surface area contributed by atoms with Crippen molar-refractivity contribution >= 4 is 21.9 Å². The molecule has 0 heterocycles. The minimum absolute atomic E-state index is 0.326. The van der Waals surface area contributed by atoms with E-state index in [9.17, 15) is 9.18 Å². The predicted molar refractivity (Wildman–Crippen MR) is 63.9 cm³/mol. The molecule has 0 aromatic heterocycles. The maximum absolute atomic E-state index is 12.7. The van der Waals surface area contributed by atoms with Gasteiger partial charge in [0.25, 0.3) is 0 Å². The zero-order chi connectivity index (χ0) is 12.3. The standard InChI is InChI=1S/C12H14BrFO2/c1-12(2,3)16-11(15)10(13)8-4-6-9(14)7-5-8/h4-7,10H,1-3H3. The fourth-order valence-corrected chi connectivity index (χ4v) is 1.52. The monoisotopic (exact) mass is 288 g/mol. The van der Waals surface area contributed by atoms with Crippen molar-refractivity contribution in [2.75, 3.05) is 0 Å². The van der Waals surface area contributed by atoms with Crippen LogP contribution in [0.3, 0.4) is 0 Å². The summed E-state index contributed by atoms with van der Waals surface area (Å²) in [6.07, 6.45) is 0. The van der Waals surface area contributed by atoms with Gasteiger partial charge < -0.3 is 4.74 Å². The Balaban J connectivity index is 2.74. The average molecular weight is 289 g/mol. The molecule has 0 aliphatic rings. The van der Waals surface area contributed by atoms with Crippen molar-refractivity contribution in [1.29, 1.82) is 0 Å². The molecule has 0 radical (unpaired) electrons. The summed E-state index contributed by atoms with van der Waals surface area (Å²) in [7, 11) is 0. The van der Waals surface area contributed by atoms with Gasteiger partial charge in [0.1, 0.15) is 16.2 Å². The van der Waals surface area contributed by atoms with Crippen LogP contribution in [0, 0.1) is 5.82 Å². The summed E-state index contributed by atoms with van der Waals surface area (Å²) in [5, 5.41) is 0. The van der Waals surface area contributed by atoms with E-state index >= 15 is 0 Å². The van der Waals surface area contributed by atoms with Crippen LogP contribution in [0.25, 0.3) is 0 Å². The zero-order valence-electron chi connectivity index (χ0n) is 9.46. The second-order valence-corrected chi connectivity index (χ2v) is 5.36. The van der Waals surface area contributed by atoms with Crippen LogP contribution in [0.5, 0.6) is 0 Å². The first-order valence-corrected chi connectivity index (χ1v) is 5.83. The van der Waals surface area contributed by atoms with E-state index in [1.807, 2.05) is 0 Å². The molecule has 0 amide bonds. The van der Waals surface area contributed by atoms with Crippen LogP contribution in [0.15, 0.2) is 24.3 Å². The molecule has 2 nitrogen and oxygen atoms in total. The minimum atomic E-state index is -0.563. The molecule has 16 heavy (non-hydrogen) atoms. The first kappa shape index (κ1) is 13.2. The van der Waals surface area contributed by atoms with Crippen LogP contribution in [0.4, 0.5) is 4.39 Å². The molecule has 1 aromatic carbocycles. The van der Waals surface area contributed by atoms with Crippen molar-refractivity contribution in [1.82, 2.24) is 0 Å². The van der Waals surface area contributed by atoms with E-state index in [2.05, 4.69) is 15.9 Å². The van der Waals surface area contributed by atoms with Crippen LogP contribution in [0.2, 0.25) is 0 Å². The Kier molecular flexibility index (Phi) is 4.08. The number of hydrogen-bond donors (Lipinski definition) is 0. The molecule has 0 aliphatic heterocycles. The molecule has 0 aliphatic carbocycles. The Morgan fingerprint density at radius 1 is 1.31 bits per heavy atom. The van der Waals surface area contributed by atoms with Crippen molar-refractivity contribution < 1.29 is 13.9 Å². The third kappa shape index (κ3) is 3.93. The van der Waals surface area contributed by atoms with Crippen molar-refractivity contribution in [2.45, 2.75) is 31.2 Å². The summed E-state index contributed by atoms with van der Waals surface area (Å²) in [5.74, 6) is -0.702. The number of carbonyl (C=O) groups excluding carboxylic acids is 1. The molecular formula is C12H14BrFO2. The number of carbonyl (C=O) groups is 1. The number of ether oxygens (including phenoxy) is 1. The third-order valence-electron chi connectivity index (χ3n) is 1.78. The molecule has 0 saturated carbocycles. The van der Waals surface area contributed by atoms with E-state index in [1.165, 1.54) is 12.1 Å². The summed E-state index contributed by atoms with van der Waals surface area (Å²) < 4.78 is 17.9. The van der Waals surface area contributed by atoms with E-state index in [0.29, 0.717) is 5.56 Å². The number of alkyl halides is 1. The van der Waals surface area contributed by atoms with Gasteiger partial charge in [0, 0.05) is 0 Å². The van der Waals surface area contributed by atoms with Gasteiger partial charge in [-0.25, -0.2) is 4.39 Å². The Bertz CT molecular complexity index is 368. The number of esters is 1. The van der Waals surface area contributed by atoms with Crippen LogP contribution in [-0.2, 0) is 9.53 Å². The maximum Gasteiger partial charge on any atom is 0.324 e. The predicted octanol–water partition coefficient (Wildman–Crippen LogP) is 3.60.